The standard InChI is InChI=1S/C40H84P.ClH/c1-5-9-11-13-15-17-19-21-23-25-27-29-31-33-35-37-39-41(7-3,8-4)40-38-36-34-32-30-28-26-24-22-20-18-16-14-12-10-6-2;/h5-40H2,1-4H3;1H/q+1;/p-1. The first-order valence-electron chi connectivity index (χ1n) is 20.1. The number of rotatable bonds is 36. The van der Waals surface area contributed by atoms with Crippen molar-refractivity contribution in [1.29, 1.82) is 0 Å². The van der Waals surface area contributed by atoms with Gasteiger partial charge in [-0.1, -0.05) is 194 Å². The molecule has 0 heterocycles. The molecular formula is C40H84ClP. The zero-order valence-electron chi connectivity index (χ0n) is 30.3. The molecule has 0 spiro atoms. The molecule has 0 fully saturated rings. The summed E-state index contributed by atoms with van der Waals surface area (Å²) in [5.74, 6) is 0. The fraction of sp³-hybridized carbons (Fsp3) is 1.00. The Labute approximate surface area is 276 Å². The highest BCUT2D eigenvalue weighted by Crippen LogP contribution is 2.59. The Hall–Kier alpha value is 0.720. The fourth-order valence-electron chi connectivity index (χ4n) is 6.96. The van der Waals surface area contributed by atoms with E-state index < -0.39 is 7.26 Å². The topological polar surface area (TPSA) is 0 Å². The van der Waals surface area contributed by atoms with Crippen molar-refractivity contribution in [2.75, 3.05) is 24.6 Å². The Morgan fingerprint density at radius 3 is 0.571 bits per heavy atom. The zero-order valence-corrected chi connectivity index (χ0v) is 31.9. The lowest BCUT2D eigenvalue weighted by Gasteiger charge is -2.25. The van der Waals surface area contributed by atoms with E-state index in [4.69, 9.17) is 0 Å². The van der Waals surface area contributed by atoms with E-state index in [2.05, 4.69) is 27.7 Å². The molecule has 0 aromatic rings. The van der Waals surface area contributed by atoms with Crippen molar-refractivity contribution in [3.8, 4) is 0 Å². The van der Waals surface area contributed by atoms with Gasteiger partial charge in [-0.25, -0.2) is 0 Å². The first-order chi connectivity index (χ1) is 20.2. The van der Waals surface area contributed by atoms with Crippen molar-refractivity contribution in [2.45, 2.75) is 233 Å². The smallest absolute Gasteiger partial charge is 0.0594 e. The van der Waals surface area contributed by atoms with Crippen LogP contribution in [0.1, 0.15) is 233 Å². The summed E-state index contributed by atoms with van der Waals surface area (Å²) in [6.07, 6.45) is 53.8. The van der Waals surface area contributed by atoms with E-state index in [1.165, 1.54) is 218 Å². The zero-order chi connectivity index (χ0) is 30.0. The first-order valence-corrected chi connectivity index (χ1v) is 22.6. The highest BCUT2D eigenvalue weighted by molar-refractivity contribution is 7.75. The van der Waals surface area contributed by atoms with Crippen molar-refractivity contribution in [3.63, 3.8) is 0 Å². The van der Waals surface area contributed by atoms with E-state index in [0.29, 0.717) is 0 Å². The van der Waals surface area contributed by atoms with Crippen LogP contribution in [0.3, 0.4) is 0 Å². The summed E-state index contributed by atoms with van der Waals surface area (Å²) in [5.41, 5.74) is 0. The molecule has 0 aromatic heterocycles. The molecular weight excluding hydrogens is 547 g/mol. The number of hydrogen-bond acceptors (Lipinski definition) is 0. The maximum atomic E-state index is 2.52. The molecule has 0 aliphatic heterocycles. The number of unbranched alkanes of at least 4 members (excludes halogenated alkanes) is 30. The van der Waals surface area contributed by atoms with Gasteiger partial charge in [0.25, 0.3) is 0 Å². The molecule has 0 nitrogen and oxygen atoms in total. The summed E-state index contributed by atoms with van der Waals surface area (Å²) in [6, 6.07) is 0. The summed E-state index contributed by atoms with van der Waals surface area (Å²) in [5, 5.41) is 0. The van der Waals surface area contributed by atoms with E-state index in [1.807, 2.05) is 0 Å². The third-order valence-corrected chi connectivity index (χ3v) is 15.5. The fourth-order valence-corrected chi connectivity index (χ4v) is 10.7. The van der Waals surface area contributed by atoms with Crippen LogP contribution in [0.2, 0.25) is 0 Å². The van der Waals surface area contributed by atoms with Crippen molar-refractivity contribution in [1.82, 2.24) is 0 Å². The van der Waals surface area contributed by atoms with Crippen LogP contribution < -0.4 is 12.4 Å². The average molecular weight is 632 g/mol. The largest absolute Gasteiger partial charge is 1.00 e. The van der Waals surface area contributed by atoms with E-state index in [-0.39, 0.29) is 12.4 Å². The minimum absolute atomic E-state index is 0. The van der Waals surface area contributed by atoms with Gasteiger partial charge in [0.2, 0.25) is 0 Å². The lowest BCUT2D eigenvalue weighted by Crippen LogP contribution is -3.00. The summed E-state index contributed by atoms with van der Waals surface area (Å²) < 4.78 is 0. The Morgan fingerprint density at radius 2 is 0.405 bits per heavy atom. The molecule has 0 amide bonds. The van der Waals surface area contributed by atoms with Gasteiger partial charge in [0.05, 0.1) is 24.6 Å². The molecule has 0 saturated carbocycles. The number of halogens is 1. The molecule has 42 heavy (non-hydrogen) atoms. The molecule has 0 rings (SSSR count). The second-order valence-electron chi connectivity index (χ2n) is 14.0. The van der Waals surface area contributed by atoms with Gasteiger partial charge in [-0.15, -0.1) is 0 Å². The number of hydrogen-bond donors (Lipinski definition) is 0. The summed E-state index contributed by atoms with van der Waals surface area (Å²) in [7, 11) is -0.634. The van der Waals surface area contributed by atoms with Crippen molar-refractivity contribution >= 4 is 7.26 Å². The third-order valence-electron chi connectivity index (χ3n) is 10.3. The molecule has 0 saturated heterocycles. The van der Waals surface area contributed by atoms with Gasteiger partial charge in [0.15, 0.2) is 0 Å². The predicted octanol–water partition coefficient (Wildman–Crippen LogP) is 12.6. The maximum absolute atomic E-state index is 2.52. The van der Waals surface area contributed by atoms with Crippen LogP contribution >= 0.6 is 7.26 Å². The van der Waals surface area contributed by atoms with Crippen LogP contribution in [-0.2, 0) is 0 Å². The van der Waals surface area contributed by atoms with Gasteiger partial charge < -0.3 is 12.4 Å². The third kappa shape index (κ3) is 32.1. The monoisotopic (exact) mass is 631 g/mol. The van der Waals surface area contributed by atoms with Gasteiger partial charge in [-0.3, -0.25) is 0 Å². The van der Waals surface area contributed by atoms with Crippen molar-refractivity contribution in [2.24, 2.45) is 0 Å². The van der Waals surface area contributed by atoms with Gasteiger partial charge in [-0.05, 0) is 39.5 Å². The van der Waals surface area contributed by atoms with Crippen molar-refractivity contribution < 1.29 is 12.4 Å². The quantitative estimate of drug-likeness (QED) is 0.0477. The molecule has 256 valence electrons. The normalized spacial score (nSPS) is 11.7. The minimum Gasteiger partial charge on any atom is -1.00 e. The van der Waals surface area contributed by atoms with Gasteiger partial charge >= 0.3 is 0 Å². The van der Waals surface area contributed by atoms with E-state index in [1.54, 1.807) is 12.3 Å². The average Bonchev–Trinajstić information content (AvgIpc) is 2.99. The summed E-state index contributed by atoms with van der Waals surface area (Å²) in [6.45, 7) is 9.67. The molecule has 0 atom stereocenters. The molecule has 0 aliphatic carbocycles. The highest BCUT2D eigenvalue weighted by atomic mass is 35.5. The van der Waals surface area contributed by atoms with Crippen LogP contribution in [0.4, 0.5) is 0 Å². The molecule has 0 unspecified atom stereocenters. The molecule has 0 aromatic carbocycles. The van der Waals surface area contributed by atoms with Crippen LogP contribution in [0.15, 0.2) is 0 Å². The van der Waals surface area contributed by atoms with Gasteiger partial charge in [-0.2, -0.15) is 0 Å². The second kappa shape index (κ2) is 37.9. The van der Waals surface area contributed by atoms with Gasteiger partial charge in [0.1, 0.15) is 0 Å². The van der Waals surface area contributed by atoms with Crippen LogP contribution in [-0.4, -0.2) is 24.6 Å². The molecule has 2 heteroatoms. The van der Waals surface area contributed by atoms with E-state index in [0.717, 1.165) is 0 Å². The molecule has 0 aliphatic rings. The first kappa shape index (κ1) is 44.8. The van der Waals surface area contributed by atoms with E-state index >= 15 is 0 Å². The lowest BCUT2D eigenvalue weighted by atomic mass is 10.0. The SMILES string of the molecule is CCCCCCCCCCCCCCCCCC[P+](CC)(CC)CCCCCCCCCCCCCCCCCC.[Cl-]. The minimum atomic E-state index is -0.634. The highest BCUT2D eigenvalue weighted by Gasteiger charge is 2.31. The Bertz CT molecular complexity index is 423. The molecule has 0 bridgehead atoms. The maximum Gasteiger partial charge on any atom is 0.0594 e. The van der Waals surface area contributed by atoms with Crippen LogP contribution in [0.25, 0.3) is 0 Å². The second-order valence-corrected chi connectivity index (χ2v) is 18.9. The Kier molecular flexibility index (Phi) is 40.5. The molecule has 0 N–H and O–H groups in total. The molecule has 0 radical (unpaired) electrons. The lowest BCUT2D eigenvalue weighted by molar-refractivity contribution is -0.00000927. The van der Waals surface area contributed by atoms with Crippen molar-refractivity contribution in [3.05, 3.63) is 0 Å². The Balaban J connectivity index is 0. The van der Waals surface area contributed by atoms with E-state index in [9.17, 15) is 0 Å². The van der Waals surface area contributed by atoms with Gasteiger partial charge in [0, 0.05) is 7.26 Å². The van der Waals surface area contributed by atoms with Crippen LogP contribution in [0.5, 0.6) is 0 Å². The summed E-state index contributed by atoms with van der Waals surface area (Å²) >= 11 is 0. The van der Waals surface area contributed by atoms with Crippen LogP contribution in [0, 0.1) is 0 Å². The predicted molar refractivity (Wildman–Crippen MR) is 197 cm³/mol. The summed E-state index contributed by atoms with van der Waals surface area (Å²) in [4.78, 5) is 0. The Morgan fingerprint density at radius 1 is 0.238 bits per heavy atom.